The molecule has 0 amide bonds. The molecule has 23 heavy (non-hydrogen) atoms. The van der Waals surface area contributed by atoms with Gasteiger partial charge < -0.3 is 15.2 Å². The number of nitrogen functional groups attached to an aromatic ring is 1. The summed E-state index contributed by atoms with van der Waals surface area (Å²) in [5.74, 6) is 2.01. The maximum absolute atomic E-state index is 5.95. The van der Waals surface area contributed by atoms with Crippen LogP contribution in [-0.2, 0) is 6.61 Å². The van der Waals surface area contributed by atoms with Gasteiger partial charge in [-0.15, -0.1) is 0 Å². The average Bonchev–Trinajstić information content (AvgIpc) is 2.60. The Labute approximate surface area is 134 Å². The van der Waals surface area contributed by atoms with Gasteiger partial charge in [-0.25, -0.2) is 9.97 Å². The Hall–Kier alpha value is -3.08. The Morgan fingerprint density at radius 1 is 1.00 bits per heavy atom. The summed E-state index contributed by atoms with van der Waals surface area (Å²) in [6.45, 7) is 0.460. The third-order valence-corrected chi connectivity index (χ3v) is 3.40. The molecule has 3 rings (SSSR count). The molecule has 5 nitrogen and oxygen atoms in total. The number of rotatable bonds is 5. The van der Waals surface area contributed by atoms with Crippen LogP contribution in [0.15, 0.2) is 60.9 Å². The average molecular weight is 307 g/mol. The molecule has 0 unspecified atom stereocenters. The molecule has 2 N–H and O–H groups in total. The van der Waals surface area contributed by atoms with E-state index in [2.05, 4.69) is 9.97 Å². The zero-order chi connectivity index (χ0) is 16.1. The fourth-order valence-electron chi connectivity index (χ4n) is 2.21. The van der Waals surface area contributed by atoms with E-state index >= 15 is 0 Å². The Morgan fingerprint density at radius 2 is 1.78 bits per heavy atom. The number of para-hydroxylation sites is 1. The Balaban J connectivity index is 1.80. The zero-order valence-corrected chi connectivity index (χ0v) is 12.8. The van der Waals surface area contributed by atoms with Crippen molar-refractivity contribution in [1.82, 2.24) is 9.97 Å². The predicted octanol–water partition coefficient (Wildman–Crippen LogP) is 3.31. The van der Waals surface area contributed by atoms with Gasteiger partial charge in [0.1, 0.15) is 30.3 Å². The van der Waals surface area contributed by atoms with Gasteiger partial charge in [0.15, 0.2) is 0 Å². The number of nitrogens with zero attached hydrogens (tertiary/aromatic N) is 2. The minimum Gasteiger partial charge on any atom is -0.497 e. The van der Waals surface area contributed by atoms with E-state index in [9.17, 15) is 0 Å². The second kappa shape index (κ2) is 6.79. The first-order valence-electron chi connectivity index (χ1n) is 7.19. The minimum atomic E-state index is 0.431. The van der Waals surface area contributed by atoms with Crippen molar-refractivity contribution in [2.45, 2.75) is 6.61 Å². The SMILES string of the molecule is COc1ccc(COc2ccccc2-c2cc(N)ncn2)cc1. The summed E-state index contributed by atoms with van der Waals surface area (Å²) in [5.41, 5.74) is 8.42. The second-order valence-electron chi connectivity index (χ2n) is 4.96. The van der Waals surface area contributed by atoms with Gasteiger partial charge >= 0.3 is 0 Å². The predicted molar refractivity (Wildman–Crippen MR) is 89.2 cm³/mol. The summed E-state index contributed by atoms with van der Waals surface area (Å²) in [4.78, 5) is 8.18. The number of anilines is 1. The van der Waals surface area contributed by atoms with Crippen LogP contribution in [0, 0.1) is 0 Å². The van der Waals surface area contributed by atoms with Crippen molar-refractivity contribution in [2.24, 2.45) is 0 Å². The third-order valence-electron chi connectivity index (χ3n) is 3.40. The lowest BCUT2D eigenvalue weighted by atomic mass is 10.1. The molecule has 1 aromatic heterocycles. The van der Waals surface area contributed by atoms with Gasteiger partial charge in [-0.3, -0.25) is 0 Å². The summed E-state index contributed by atoms with van der Waals surface area (Å²) in [5, 5.41) is 0. The molecule has 0 aliphatic heterocycles. The zero-order valence-electron chi connectivity index (χ0n) is 12.8. The first-order chi connectivity index (χ1) is 11.3. The molecule has 1 heterocycles. The van der Waals surface area contributed by atoms with Crippen LogP contribution in [0.4, 0.5) is 5.82 Å². The van der Waals surface area contributed by atoms with Gasteiger partial charge in [-0.05, 0) is 29.8 Å². The first-order valence-corrected chi connectivity index (χ1v) is 7.19. The third kappa shape index (κ3) is 3.58. The molecular formula is C18H17N3O2. The van der Waals surface area contributed by atoms with Crippen LogP contribution in [0.5, 0.6) is 11.5 Å². The molecule has 116 valence electrons. The summed E-state index contributed by atoms with van der Waals surface area (Å²) in [6, 6.07) is 17.2. The highest BCUT2D eigenvalue weighted by Gasteiger charge is 2.08. The minimum absolute atomic E-state index is 0.431. The number of hydrogen-bond donors (Lipinski definition) is 1. The number of aromatic nitrogens is 2. The molecule has 0 saturated carbocycles. The van der Waals surface area contributed by atoms with E-state index in [-0.39, 0.29) is 0 Å². The number of nitrogens with two attached hydrogens (primary N) is 1. The summed E-state index contributed by atoms with van der Waals surface area (Å²) < 4.78 is 11.1. The summed E-state index contributed by atoms with van der Waals surface area (Å²) in [6.07, 6.45) is 1.45. The maximum atomic E-state index is 5.95. The monoisotopic (exact) mass is 307 g/mol. The Morgan fingerprint density at radius 3 is 2.52 bits per heavy atom. The first kappa shape index (κ1) is 14.8. The molecule has 0 fully saturated rings. The van der Waals surface area contributed by atoms with Gasteiger partial charge in [0, 0.05) is 11.6 Å². The molecule has 2 aromatic carbocycles. The Bertz CT molecular complexity index is 788. The molecular weight excluding hydrogens is 290 g/mol. The van der Waals surface area contributed by atoms with Gasteiger partial charge in [0.25, 0.3) is 0 Å². The quantitative estimate of drug-likeness (QED) is 0.783. The molecule has 3 aromatic rings. The van der Waals surface area contributed by atoms with E-state index in [4.69, 9.17) is 15.2 Å². The fraction of sp³-hybridized carbons (Fsp3) is 0.111. The second-order valence-corrected chi connectivity index (χ2v) is 4.96. The highest BCUT2D eigenvalue weighted by Crippen LogP contribution is 2.29. The van der Waals surface area contributed by atoms with E-state index in [0.29, 0.717) is 12.4 Å². The normalized spacial score (nSPS) is 10.3. The van der Waals surface area contributed by atoms with Crippen molar-refractivity contribution < 1.29 is 9.47 Å². The van der Waals surface area contributed by atoms with Crippen LogP contribution >= 0.6 is 0 Å². The van der Waals surface area contributed by atoms with Gasteiger partial charge in [-0.2, -0.15) is 0 Å². The van der Waals surface area contributed by atoms with Crippen LogP contribution < -0.4 is 15.2 Å². The molecule has 5 heteroatoms. The van der Waals surface area contributed by atoms with Crippen LogP contribution in [0.1, 0.15) is 5.56 Å². The smallest absolute Gasteiger partial charge is 0.129 e. The lowest BCUT2D eigenvalue weighted by Gasteiger charge is -2.11. The topological polar surface area (TPSA) is 70.3 Å². The molecule has 0 aliphatic rings. The number of benzene rings is 2. The van der Waals surface area contributed by atoms with Crippen molar-refractivity contribution in [3.63, 3.8) is 0 Å². The Kier molecular flexibility index (Phi) is 4.38. The van der Waals surface area contributed by atoms with Crippen LogP contribution in [0.2, 0.25) is 0 Å². The van der Waals surface area contributed by atoms with Crippen LogP contribution in [0.3, 0.4) is 0 Å². The van der Waals surface area contributed by atoms with E-state index in [1.165, 1.54) is 6.33 Å². The highest BCUT2D eigenvalue weighted by atomic mass is 16.5. The van der Waals surface area contributed by atoms with E-state index in [1.807, 2.05) is 48.5 Å². The van der Waals surface area contributed by atoms with Crippen molar-refractivity contribution >= 4 is 5.82 Å². The van der Waals surface area contributed by atoms with Gasteiger partial charge in [0.2, 0.25) is 0 Å². The highest BCUT2D eigenvalue weighted by molar-refractivity contribution is 5.68. The molecule has 0 bridgehead atoms. The standard InChI is InChI=1S/C18H17N3O2/c1-22-14-8-6-13(7-9-14)11-23-17-5-3-2-4-15(17)16-10-18(19)21-12-20-16/h2-10,12H,11H2,1H3,(H2,19,20,21). The largest absolute Gasteiger partial charge is 0.497 e. The number of methoxy groups -OCH3 is 1. The van der Waals surface area contributed by atoms with Crippen LogP contribution in [-0.4, -0.2) is 17.1 Å². The van der Waals surface area contributed by atoms with E-state index in [1.54, 1.807) is 13.2 Å². The molecule has 0 saturated heterocycles. The van der Waals surface area contributed by atoms with Crippen molar-refractivity contribution in [3.05, 3.63) is 66.5 Å². The molecule has 0 spiro atoms. The summed E-state index contributed by atoms with van der Waals surface area (Å²) in [7, 11) is 1.65. The van der Waals surface area contributed by atoms with E-state index < -0.39 is 0 Å². The lowest BCUT2D eigenvalue weighted by molar-refractivity contribution is 0.307. The number of ether oxygens (including phenoxy) is 2. The fourth-order valence-corrected chi connectivity index (χ4v) is 2.21. The van der Waals surface area contributed by atoms with Crippen molar-refractivity contribution in [3.8, 4) is 22.8 Å². The van der Waals surface area contributed by atoms with Gasteiger partial charge in [-0.1, -0.05) is 24.3 Å². The summed E-state index contributed by atoms with van der Waals surface area (Å²) >= 11 is 0. The molecule has 0 aliphatic carbocycles. The van der Waals surface area contributed by atoms with Crippen LogP contribution in [0.25, 0.3) is 11.3 Å². The number of hydrogen-bond acceptors (Lipinski definition) is 5. The lowest BCUT2D eigenvalue weighted by Crippen LogP contribution is -1.98. The molecule has 0 atom stereocenters. The molecule has 0 radical (unpaired) electrons. The van der Waals surface area contributed by atoms with Crippen molar-refractivity contribution in [2.75, 3.05) is 12.8 Å². The van der Waals surface area contributed by atoms with E-state index in [0.717, 1.165) is 28.3 Å². The maximum Gasteiger partial charge on any atom is 0.129 e. The van der Waals surface area contributed by atoms with Gasteiger partial charge in [0.05, 0.1) is 12.8 Å². The van der Waals surface area contributed by atoms with Crippen molar-refractivity contribution in [1.29, 1.82) is 0 Å².